The summed E-state index contributed by atoms with van der Waals surface area (Å²) < 4.78 is 5.64. The van der Waals surface area contributed by atoms with Crippen LogP contribution in [0.25, 0.3) is 11.3 Å². The lowest BCUT2D eigenvalue weighted by Crippen LogP contribution is -2.17. The molecule has 0 fully saturated rings. The number of furan rings is 1. The van der Waals surface area contributed by atoms with Crippen LogP contribution in [-0.2, 0) is 0 Å². The fraction of sp³-hybridized carbons (Fsp3) is 0. The molecule has 1 N–H and O–H groups in total. The summed E-state index contributed by atoms with van der Waals surface area (Å²) in [6.07, 6.45) is 4.49. The van der Waals surface area contributed by atoms with Crippen LogP contribution in [0.3, 0.4) is 0 Å². The molecule has 0 saturated heterocycles. The van der Waals surface area contributed by atoms with Gasteiger partial charge in [0, 0.05) is 23.5 Å². The van der Waals surface area contributed by atoms with Crippen molar-refractivity contribution < 1.29 is 9.21 Å². The molecular weight excluding hydrogens is 349 g/mol. The minimum atomic E-state index is -0.329. The summed E-state index contributed by atoms with van der Waals surface area (Å²) in [5.41, 5.74) is 3.68. The van der Waals surface area contributed by atoms with Crippen molar-refractivity contribution in [2.45, 2.75) is 0 Å². The van der Waals surface area contributed by atoms with Gasteiger partial charge >= 0.3 is 0 Å². The first-order valence-electron chi connectivity index (χ1n) is 6.92. The van der Waals surface area contributed by atoms with E-state index in [0.717, 1.165) is 5.56 Å². The summed E-state index contributed by atoms with van der Waals surface area (Å²) in [6.45, 7) is 0. The van der Waals surface area contributed by atoms with Crippen LogP contribution in [0.2, 0.25) is 10.0 Å². The SMILES string of the molecule is O=C(N/N=C\c1ccc(-c2ccc(Cl)c(Cl)c2)o1)c1ccncc1. The average molecular weight is 360 g/mol. The highest BCUT2D eigenvalue weighted by Crippen LogP contribution is 2.29. The van der Waals surface area contributed by atoms with Crippen LogP contribution < -0.4 is 5.43 Å². The molecule has 1 aromatic carbocycles. The standard InChI is InChI=1S/C17H11Cl2N3O2/c18-14-3-1-12(9-15(14)19)16-4-2-13(24-16)10-21-22-17(23)11-5-7-20-8-6-11/h1-10H,(H,22,23)/b21-10-. The van der Waals surface area contributed by atoms with Gasteiger partial charge in [-0.15, -0.1) is 0 Å². The Bertz CT molecular complexity index is 892. The van der Waals surface area contributed by atoms with Crippen LogP contribution in [0.4, 0.5) is 0 Å². The molecular formula is C17H11Cl2N3O2. The van der Waals surface area contributed by atoms with Crippen LogP contribution in [0.1, 0.15) is 16.1 Å². The lowest BCUT2D eigenvalue weighted by molar-refractivity contribution is 0.0955. The van der Waals surface area contributed by atoms with Gasteiger partial charge in [-0.05, 0) is 42.5 Å². The van der Waals surface area contributed by atoms with E-state index in [9.17, 15) is 4.79 Å². The zero-order chi connectivity index (χ0) is 16.9. The molecule has 0 atom stereocenters. The summed E-state index contributed by atoms with van der Waals surface area (Å²) in [4.78, 5) is 15.7. The van der Waals surface area contributed by atoms with Crippen LogP contribution in [0.5, 0.6) is 0 Å². The Morgan fingerprint density at radius 3 is 2.62 bits per heavy atom. The average Bonchev–Trinajstić information content (AvgIpc) is 3.07. The highest BCUT2D eigenvalue weighted by molar-refractivity contribution is 6.42. The van der Waals surface area contributed by atoms with Gasteiger partial charge < -0.3 is 4.42 Å². The number of carbonyl (C=O) groups excluding carboxylic acids is 1. The Hall–Kier alpha value is -2.63. The number of aromatic nitrogens is 1. The van der Waals surface area contributed by atoms with Crippen molar-refractivity contribution in [1.82, 2.24) is 10.4 Å². The van der Waals surface area contributed by atoms with Gasteiger partial charge in [-0.2, -0.15) is 5.10 Å². The van der Waals surface area contributed by atoms with Gasteiger partial charge in [-0.25, -0.2) is 5.43 Å². The minimum absolute atomic E-state index is 0.329. The summed E-state index contributed by atoms with van der Waals surface area (Å²) in [6, 6.07) is 11.9. The van der Waals surface area contributed by atoms with Gasteiger partial charge in [-0.1, -0.05) is 23.2 Å². The number of halogens is 2. The minimum Gasteiger partial charge on any atom is -0.455 e. The number of nitrogens with one attached hydrogen (secondary N) is 1. The number of hydrazone groups is 1. The van der Waals surface area contributed by atoms with Crippen molar-refractivity contribution in [3.63, 3.8) is 0 Å². The summed E-state index contributed by atoms with van der Waals surface area (Å²) in [5, 5.41) is 4.80. The number of amides is 1. The third kappa shape index (κ3) is 3.82. The quantitative estimate of drug-likeness (QED) is 0.554. The van der Waals surface area contributed by atoms with Crippen LogP contribution in [0.15, 0.2) is 64.4 Å². The molecule has 120 valence electrons. The molecule has 0 saturated carbocycles. The third-order valence-corrected chi connectivity index (χ3v) is 3.87. The van der Waals surface area contributed by atoms with E-state index in [1.54, 1.807) is 42.5 Å². The lowest BCUT2D eigenvalue weighted by atomic mass is 10.2. The second-order valence-corrected chi connectivity index (χ2v) is 5.58. The van der Waals surface area contributed by atoms with E-state index < -0.39 is 0 Å². The maximum atomic E-state index is 11.8. The van der Waals surface area contributed by atoms with Gasteiger partial charge in [0.25, 0.3) is 5.91 Å². The highest BCUT2D eigenvalue weighted by Gasteiger charge is 2.07. The molecule has 24 heavy (non-hydrogen) atoms. The molecule has 1 amide bonds. The fourth-order valence-electron chi connectivity index (χ4n) is 1.95. The van der Waals surface area contributed by atoms with Crippen LogP contribution in [0, 0.1) is 0 Å². The maximum Gasteiger partial charge on any atom is 0.271 e. The van der Waals surface area contributed by atoms with E-state index >= 15 is 0 Å². The van der Waals surface area contributed by atoms with E-state index in [0.29, 0.717) is 27.1 Å². The van der Waals surface area contributed by atoms with Gasteiger partial charge in [0.1, 0.15) is 11.5 Å². The first-order chi connectivity index (χ1) is 11.6. The Morgan fingerprint density at radius 2 is 1.88 bits per heavy atom. The molecule has 3 aromatic rings. The molecule has 2 heterocycles. The number of nitrogens with zero attached hydrogens (tertiary/aromatic N) is 2. The van der Waals surface area contributed by atoms with Crippen molar-refractivity contribution in [2.24, 2.45) is 5.10 Å². The predicted molar refractivity (Wildman–Crippen MR) is 93.5 cm³/mol. The summed E-state index contributed by atoms with van der Waals surface area (Å²) >= 11 is 11.9. The molecule has 0 unspecified atom stereocenters. The fourth-order valence-corrected chi connectivity index (χ4v) is 2.25. The van der Waals surface area contributed by atoms with Crippen LogP contribution in [-0.4, -0.2) is 17.1 Å². The zero-order valence-electron chi connectivity index (χ0n) is 12.2. The monoisotopic (exact) mass is 359 g/mol. The van der Waals surface area contributed by atoms with Gasteiger partial charge in [-0.3, -0.25) is 9.78 Å². The van der Waals surface area contributed by atoms with Gasteiger partial charge in [0.15, 0.2) is 0 Å². The predicted octanol–water partition coefficient (Wildman–Crippen LogP) is 4.41. The van der Waals surface area contributed by atoms with Crippen molar-refractivity contribution in [3.05, 3.63) is 76.2 Å². The first kappa shape index (κ1) is 16.2. The first-order valence-corrected chi connectivity index (χ1v) is 7.68. The number of pyridine rings is 1. The number of benzene rings is 1. The molecule has 7 heteroatoms. The van der Waals surface area contributed by atoms with E-state index in [2.05, 4.69) is 15.5 Å². The van der Waals surface area contributed by atoms with Crippen molar-refractivity contribution in [3.8, 4) is 11.3 Å². The normalized spacial score (nSPS) is 10.9. The smallest absolute Gasteiger partial charge is 0.271 e. The Labute approximate surface area is 147 Å². The second-order valence-electron chi connectivity index (χ2n) is 4.77. The molecule has 5 nitrogen and oxygen atoms in total. The largest absolute Gasteiger partial charge is 0.455 e. The van der Waals surface area contributed by atoms with Crippen molar-refractivity contribution in [2.75, 3.05) is 0 Å². The molecule has 0 aliphatic heterocycles. The molecule has 2 aromatic heterocycles. The topological polar surface area (TPSA) is 67.5 Å². The van der Waals surface area contributed by atoms with Gasteiger partial charge in [0.2, 0.25) is 0 Å². The van der Waals surface area contributed by atoms with E-state index in [-0.39, 0.29) is 5.91 Å². The van der Waals surface area contributed by atoms with E-state index in [1.165, 1.54) is 18.6 Å². The summed E-state index contributed by atoms with van der Waals surface area (Å²) in [5.74, 6) is 0.784. The van der Waals surface area contributed by atoms with Gasteiger partial charge in [0.05, 0.1) is 16.3 Å². The second kappa shape index (κ2) is 7.29. The molecule has 0 bridgehead atoms. The lowest BCUT2D eigenvalue weighted by Gasteiger charge is -1.99. The van der Waals surface area contributed by atoms with E-state index in [4.69, 9.17) is 27.6 Å². The van der Waals surface area contributed by atoms with Crippen molar-refractivity contribution in [1.29, 1.82) is 0 Å². The molecule has 0 spiro atoms. The number of hydrogen-bond acceptors (Lipinski definition) is 4. The maximum absolute atomic E-state index is 11.8. The highest BCUT2D eigenvalue weighted by atomic mass is 35.5. The zero-order valence-corrected chi connectivity index (χ0v) is 13.8. The molecule has 0 aliphatic carbocycles. The number of carbonyl (C=O) groups is 1. The van der Waals surface area contributed by atoms with E-state index in [1.807, 2.05) is 0 Å². The Balaban J connectivity index is 1.67. The number of hydrogen-bond donors (Lipinski definition) is 1. The summed E-state index contributed by atoms with van der Waals surface area (Å²) in [7, 11) is 0. The van der Waals surface area contributed by atoms with Crippen molar-refractivity contribution >= 4 is 35.3 Å². The third-order valence-electron chi connectivity index (χ3n) is 3.13. The molecule has 0 aliphatic rings. The Morgan fingerprint density at radius 1 is 1.08 bits per heavy atom. The molecule has 3 rings (SSSR count). The number of rotatable bonds is 4. The van der Waals surface area contributed by atoms with Crippen LogP contribution >= 0.6 is 23.2 Å². The Kier molecular flexibility index (Phi) is 4.93. The molecule has 0 radical (unpaired) electrons.